The first-order chi connectivity index (χ1) is 9.79. The summed E-state index contributed by atoms with van der Waals surface area (Å²) in [5.41, 5.74) is -0.0856. The van der Waals surface area contributed by atoms with Crippen molar-refractivity contribution in [3.8, 4) is 0 Å². The molecule has 2 N–H and O–H groups in total. The molecule has 0 aliphatic heterocycles. The minimum atomic E-state index is -3.94. The summed E-state index contributed by atoms with van der Waals surface area (Å²) in [7, 11) is -3.94. The van der Waals surface area contributed by atoms with Crippen LogP contribution in [0.25, 0.3) is 0 Å². The standard InChI is InChI=1S/C12H8ClIN2O4S/c13-7-3-4-15-11(5-7)16-21(19,20)8-1-2-10(14)9(6-8)12(17)18/h1-6H,(H,15,16)(H,17,18). The maximum atomic E-state index is 12.2. The maximum Gasteiger partial charge on any atom is 0.336 e. The number of nitrogens with one attached hydrogen (secondary N) is 1. The first-order valence-electron chi connectivity index (χ1n) is 5.47. The van der Waals surface area contributed by atoms with Crippen molar-refractivity contribution < 1.29 is 18.3 Å². The largest absolute Gasteiger partial charge is 0.478 e. The Morgan fingerprint density at radius 2 is 2.00 bits per heavy atom. The van der Waals surface area contributed by atoms with Gasteiger partial charge in [0.2, 0.25) is 0 Å². The molecule has 0 aliphatic rings. The number of carboxylic acid groups (broad SMARTS) is 1. The monoisotopic (exact) mass is 438 g/mol. The number of aromatic carboxylic acids is 1. The molecule has 110 valence electrons. The first-order valence-corrected chi connectivity index (χ1v) is 8.41. The number of sulfonamides is 1. The Morgan fingerprint density at radius 1 is 1.29 bits per heavy atom. The number of nitrogens with zero attached hydrogens (tertiary/aromatic N) is 1. The summed E-state index contributed by atoms with van der Waals surface area (Å²) >= 11 is 7.58. The van der Waals surface area contributed by atoms with Crippen molar-refractivity contribution in [3.05, 3.63) is 50.7 Å². The van der Waals surface area contributed by atoms with E-state index in [0.717, 1.165) is 6.07 Å². The highest BCUT2D eigenvalue weighted by Crippen LogP contribution is 2.21. The van der Waals surface area contributed by atoms with Gasteiger partial charge in [0, 0.05) is 20.9 Å². The van der Waals surface area contributed by atoms with E-state index in [1.807, 2.05) is 22.6 Å². The van der Waals surface area contributed by atoms with Gasteiger partial charge in [-0.1, -0.05) is 11.6 Å². The van der Waals surface area contributed by atoms with E-state index in [2.05, 4.69) is 9.71 Å². The molecule has 2 rings (SSSR count). The molecule has 0 aliphatic carbocycles. The van der Waals surface area contributed by atoms with Gasteiger partial charge < -0.3 is 5.11 Å². The quantitative estimate of drug-likeness (QED) is 0.716. The molecule has 0 saturated carbocycles. The van der Waals surface area contributed by atoms with Crippen LogP contribution in [-0.4, -0.2) is 24.5 Å². The molecule has 1 heterocycles. The van der Waals surface area contributed by atoms with Crippen LogP contribution < -0.4 is 4.72 Å². The summed E-state index contributed by atoms with van der Waals surface area (Å²) < 4.78 is 27.1. The van der Waals surface area contributed by atoms with Crippen LogP contribution in [0.1, 0.15) is 10.4 Å². The van der Waals surface area contributed by atoms with Crippen molar-refractivity contribution in [2.75, 3.05) is 4.72 Å². The third-order valence-electron chi connectivity index (χ3n) is 2.44. The van der Waals surface area contributed by atoms with Crippen LogP contribution in [0.15, 0.2) is 41.4 Å². The van der Waals surface area contributed by atoms with E-state index < -0.39 is 16.0 Å². The van der Waals surface area contributed by atoms with Gasteiger partial charge in [-0.15, -0.1) is 0 Å². The molecule has 0 bridgehead atoms. The predicted octanol–water partition coefficient (Wildman–Crippen LogP) is 2.84. The molecule has 9 heteroatoms. The Hall–Kier alpha value is -1.39. The van der Waals surface area contributed by atoms with Crippen LogP contribution in [0.4, 0.5) is 5.82 Å². The van der Waals surface area contributed by atoms with E-state index in [-0.39, 0.29) is 16.3 Å². The number of benzene rings is 1. The lowest BCUT2D eigenvalue weighted by Gasteiger charge is -2.09. The Bertz CT molecular complexity index is 811. The second-order valence-corrected chi connectivity index (χ2v) is 7.19. The second kappa shape index (κ2) is 6.16. The molecular formula is C12H8ClIN2O4S. The van der Waals surface area contributed by atoms with E-state index in [9.17, 15) is 13.2 Å². The van der Waals surface area contributed by atoms with Gasteiger partial charge in [0.1, 0.15) is 5.82 Å². The fourth-order valence-electron chi connectivity index (χ4n) is 1.49. The van der Waals surface area contributed by atoms with E-state index in [1.165, 1.54) is 30.5 Å². The molecular weight excluding hydrogens is 431 g/mol. The normalized spacial score (nSPS) is 11.1. The number of anilines is 1. The van der Waals surface area contributed by atoms with Crippen molar-refractivity contribution in [1.82, 2.24) is 4.98 Å². The smallest absolute Gasteiger partial charge is 0.336 e. The molecule has 0 radical (unpaired) electrons. The lowest BCUT2D eigenvalue weighted by Crippen LogP contribution is -2.15. The van der Waals surface area contributed by atoms with E-state index >= 15 is 0 Å². The van der Waals surface area contributed by atoms with Crippen molar-refractivity contribution in [1.29, 1.82) is 0 Å². The fraction of sp³-hybridized carbons (Fsp3) is 0. The number of rotatable bonds is 4. The minimum Gasteiger partial charge on any atom is -0.478 e. The van der Waals surface area contributed by atoms with Crippen LogP contribution in [0, 0.1) is 3.57 Å². The Balaban J connectivity index is 2.40. The third-order valence-corrected chi connectivity index (χ3v) is 4.97. The Labute approximate surface area is 139 Å². The molecule has 6 nitrogen and oxygen atoms in total. The first kappa shape index (κ1) is 16.0. The summed E-state index contributed by atoms with van der Waals surface area (Å²) in [5, 5.41) is 9.36. The van der Waals surface area contributed by atoms with E-state index in [0.29, 0.717) is 8.59 Å². The summed E-state index contributed by atoms with van der Waals surface area (Å²) in [6, 6.07) is 6.69. The number of carboxylic acids is 1. The highest BCUT2D eigenvalue weighted by molar-refractivity contribution is 14.1. The van der Waals surface area contributed by atoms with E-state index in [4.69, 9.17) is 16.7 Å². The molecule has 1 aromatic heterocycles. The van der Waals surface area contributed by atoms with Crippen molar-refractivity contribution in [2.24, 2.45) is 0 Å². The molecule has 2 aromatic rings. The zero-order valence-electron chi connectivity index (χ0n) is 10.2. The maximum absolute atomic E-state index is 12.2. The van der Waals surface area contributed by atoms with Gasteiger partial charge in [0.15, 0.2) is 0 Å². The molecule has 0 amide bonds. The number of pyridine rings is 1. The SMILES string of the molecule is O=C(O)c1cc(S(=O)(=O)Nc2cc(Cl)ccn2)ccc1I. The van der Waals surface area contributed by atoms with Gasteiger partial charge in [0.05, 0.1) is 10.5 Å². The zero-order valence-corrected chi connectivity index (χ0v) is 14.0. The van der Waals surface area contributed by atoms with Gasteiger partial charge in [-0.3, -0.25) is 4.72 Å². The molecule has 21 heavy (non-hydrogen) atoms. The summed E-state index contributed by atoms with van der Waals surface area (Å²) in [5.74, 6) is -1.14. The van der Waals surface area contributed by atoms with Crippen LogP contribution in [0.3, 0.4) is 0 Å². The van der Waals surface area contributed by atoms with Gasteiger partial charge >= 0.3 is 5.97 Å². The van der Waals surface area contributed by atoms with Gasteiger partial charge in [-0.2, -0.15) is 0 Å². The van der Waals surface area contributed by atoms with Gasteiger partial charge in [-0.25, -0.2) is 18.2 Å². The molecule has 0 spiro atoms. The number of hydrogen-bond donors (Lipinski definition) is 2. The molecule has 0 fully saturated rings. The average molecular weight is 439 g/mol. The van der Waals surface area contributed by atoms with Crippen LogP contribution in [0.5, 0.6) is 0 Å². The third kappa shape index (κ3) is 3.83. The van der Waals surface area contributed by atoms with Crippen LogP contribution in [0.2, 0.25) is 5.02 Å². The number of carbonyl (C=O) groups is 1. The molecule has 0 atom stereocenters. The number of halogens is 2. The summed E-state index contributed by atoms with van der Waals surface area (Å²) in [4.78, 5) is 14.7. The lowest BCUT2D eigenvalue weighted by molar-refractivity contribution is 0.0695. The average Bonchev–Trinajstić information content (AvgIpc) is 2.38. The molecule has 1 aromatic carbocycles. The number of aromatic nitrogens is 1. The Morgan fingerprint density at radius 3 is 2.62 bits per heavy atom. The number of hydrogen-bond acceptors (Lipinski definition) is 4. The summed E-state index contributed by atoms with van der Waals surface area (Å²) in [6.07, 6.45) is 1.36. The van der Waals surface area contributed by atoms with Crippen molar-refractivity contribution in [2.45, 2.75) is 4.90 Å². The summed E-state index contributed by atoms with van der Waals surface area (Å²) in [6.45, 7) is 0. The highest BCUT2D eigenvalue weighted by atomic mass is 127. The van der Waals surface area contributed by atoms with Crippen LogP contribution in [-0.2, 0) is 10.0 Å². The van der Waals surface area contributed by atoms with Gasteiger partial charge in [0.25, 0.3) is 10.0 Å². The zero-order chi connectivity index (χ0) is 15.6. The van der Waals surface area contributed by atoms with Gasteiger partial charge in [-0.05, 0) is 46.9 Å². The Kier molecular flexibility index (Phi) is 4.69. The lowest BCUT2D eigenvalue weighted by atomic mass is 10.2. The second-order valence-electron chi connectivity index (χ2n) is 3.91. The predicted molar refractivity (Wildman–Crippen MR) is 86.2 cm³/mol. The van der Waals surface area contributed by atoms with Crippen molar-refractivity contribution >= 4 is 56.0 Å². The molecule has 0 saturated heterocycles. The minimum absolute atomic E-state index is 0.0536. The topological polar surface area (TPSA) is 96.4 Å². The van der Waals surface area contributed by atoms with Crippen LogP contribution >= 0.6 is 34.2 Å². The van der Waals surface area contributed by atoms with E-state index in [1.54, 1.807) is 0 Å². The molecule has 0 unspecified atom stereocenters. The highest BCUT2D eigenvalue weighted by Gasteiger charge is 2.18. The van der Waals surface area contributed by atoms with Crippen molar-refractivity contribution in [3.63, 3.8) is 0 Å². The fourth-order valence-corrected chi connectivity index (χ4v) is 3.24.